The quantitative estimate of drug-likeness (QED) is 0.702. The zero-order valence-corrected chi connectivity index (χ0v) is 15.9. The highest BCUT2D eigenvalue weighted by Gasteiger charge is 2.41. The van der Waals surface area contributed by atoms with E-state index in [-0.39, 0.29) is 11.7 Å². The van der Waals surface area contributed by atoms with Crippen molar-refractivity contribution in [2.24, 2.45) is 5.92 Å². The molecule has 2 aromatic rings. The number of aryl methyl sites for hydroxylation is 1. The Kier molecular flexibility index (Phi) is 5.84. The lowest BCUT2D eigenvalue weighted by Crippen LogP contribution is -2.43. The van der Waals surface area contributed by atoms with Crippen LogP contribution in [0, 0.1) is 5.92 Å². The van der Waals surface area contributed by atoms with Crippen LogP contribution in [0.1, 0.15) is 37.8 Å². The molecule has 142 valence electrons. The molecule has 3 rings (SSSR count). The third-order valence-corrected chi connectivity index (χ3v) is 5.13. The van der Waals surface area contributed by atoms with Crippen molar-refractivity contribution in [2.75, 3.05) is 0 Å². The molecule has 1 aliphatic heterocycles. The van der Waals surface area contributed by atoms with Gasteiger partial charge in [0.15, 0.2) is 0 Å². The number of benzene rings is 2. The van der Waals surface area contributed by atoms with Crippen LogP contribution in [0.3, 0.4) is 0 Å². The Balaban J connectivity index is 1.59. The van der Waals surface area contributed by atoms with Gasteiger partial charge in [-0.3, -0.25) is 0 Å². The Morgan fingerprint density at radius 3 is 2.41 bits per heavy atom. The average Bonchev–Trinajstić information content (AvgIpc) is 2.65. The molecule has 0 radical (unpaired) electrons. The van der Waals surface area contributed by atoms with Gasteiger partial charge in [0.2, 0.25) is 0 Å². The average molecular weight is 366 g/mol. The second-order valence-electron chi connectivity index (χ2n) is 7.37. The molecule has 0 spiro atoms. The standard InChI is InChI=1S/C23H26O4/c1-17(2)23(15-20(24)14-22(25)27-23)13-12-18-8-10-21(11-9-18)26-16-19-6-4-3-5-7-19/h3-11,14,17,24H,12-13,15-16H2,1-2H3. The van der Waals surface area contributed by atoms with Crippen molar-refractivity contribution in [3.05, 3.63) is 77.6 Å². The van der Waals surface area contributed by atoms with Crippen LogP contribution in [0.4, 0.5) is 0 Å². The molecular formula is C23H26O4. The molecule has 4 heteroatoms. The zero-order valence-electron chi connectivity index (χ0n) is 15.9. The van der Waals surface area contributed by atoms with E-state index in [0.717, 1.165) is 23.3 Å². The summed E-state index contributed by atoms with van der Waals surface area (Å²) in [5.41, 5.74) is 1.62. The molecule has 1 unspecified atom stereocenters. The Bertz CT molecular complexity index is 793. The lowest BCUT2D eigenvalue weighted by Gasteiger charge is -2.39. The molecule has 0 saturated heterocycles. The minimum absolute atomic E-state index is 0.101. The highest BCUT2D eigenvalue weighted by atomic mass is 16.6. The first-order valence-electron chi connectivity index (χ1n) is 9.35. The van der Waals surface area contributed by atoms with E-state index in [1.54, 1.807) is 0 Å². The molecule has 1 atom stereocenters. The van der Waals surface area contributed by atoms with Crippen LogP contribution >= 0.6 is 0 Å². The molecule has 1 heterocycles. The Morgan fingerprint density at radius 1 is 1.07 bits per heavy atom. The number of cyclic esters (lactones) is 1. The maximum atomic E-state index is 11.8. The van der Waals surface area contributed by atoms with Gasteiger partial charge >= 0.3 is 5.97 Å². The van der Waals surface area contributed by atoms with Crippen molar-refractivity contribution >= 4 is 5.97 Å². The summed E-state index contributed by atoms with van der Waals surface area (Å²) < 4.78 is 11.5. The van der Waals surface area contributed by atoms with Crippen molar-refractivity contribution in [3.63, 3.8) is 0 Å². The summed E-state index contributed by atoms with van der Waals surface area (Å²) in [7, 11) is 0. The van der Waals surface area contributed by atoms with E-state index in [0.29, 0.717) is 19.4 Å². The SMILES string of the molecule is CC(C)C1(CCc2ccc(OCc3ccccc3)cc2)CC(O)=CC(=O)O1. The third kappa shape index (κ3) is 4.91. The number of carbonyl (C=O) groups is 1. The van der Waals surface area contributed by atoms with Gasteiger partial charge < -0.3 is 14.6 Å². The minimum atomic E-state index is -0.654. The van der Waals surface area contributed by atoms with Crippen LogP contribution in [-0.2, 0) is 22.6 Å². The van der Waals surface area contributed by atoms with Crippen molar-refractivity contribution in [2.45, 2.75) is 45.3 Å². The molecule has 2 aromatic carbocycles. The maximum Gasteiger partial charge on any atom is 0.334 e. The summed E-state index contributed by atoms with van der Waals surface area (Å²) in [6.45, 7) is 4.58. The predicted molar refractivity (Wildman–Crippen MR) is 105 cm³/mol. The van der Waals surface area contributed by atoms with Gasteiger partial charge in [0.1, 0.15) is 23.7 Å². The highest BCUT2D eigenvalue weighted by Crippen LogP contribution is 2.36. The van der Waals surface area contributed by atoms with Gasteiger partial charge in [-0.1, -0.05) is 56.3 Å². The van der Waals surface area contributed by atoms with Gasteiger partial charge in [-0.2, -0.15) is 0 Å². The summed E-state index contributed by atoms with van der Waals surface area (Å²) in [6, 6.07) is 18.1. The van der Waals surface area contributed by atoms with Crippen LogP contribution in [0.2, 0.25) is 0 Å². The number of aliphatic hydroxyl groups excluding tert-OH is 1. The number of hydrogen-bond donors (Lipinski definition) is 1. The van der Waals surface area contributed by atoms with E-state index in [2.05, 4.69) is 0 Å². The van der Waals surface area contributed by atoms with Crippen LogP contribution in [0.25, 0.3) is 0 Å². The van der Waals surface area contributed by atoms with Crippen LogP contribution in [-0.4, -0.2) is 16.7 Å². The largest absolute Gasteiger partial charge is 0.512 e. The van der Waals surface area contributed by atoms with Crippen LogP contribution in [0.5, 0.6) is 5.75 Å². The van der Waals surface area contributed by atoms with E-state index in [1.807, 2.05) is 68.4 Å². The highest BCUT2D eigenvalue weighted by molar-refractivity contribution is 5.83. The van der Waals surface area contributed by atoms with E-state index < -0.39 is 11.6 Å². The monoisotopic (exact) mass is 366 g/mol. The normalized spacial score (nSPS) is 19.5. The molecular weight excluding hydrogens is 340 g/mol. The van der Waals surface area contributed by atoms with Gasteiger partial charge in [0, 0.05) is 6.42 Å². The van der Waals surface area contributed by atoms with E-state index in [4.69, 9.17) is 9.47 Å². The van der Waals surface area contributed by atoms with E-state index in [9.17, 15) is 9.90 Å². The molecule has 0 aromatic heterocycles. The topological polar surface area (TPSA) is 55.8 Å². The Morgan fingerprint density at radius 2 is 1.78 bits per heavy atom. The van der Waals surface area contributed by atoms with E-state index >= 15 is 0 Å². The lowest BCUT2D eigenvalue weighted by molar-refractivity contribution is -0.163. The van der Waals surface area contributed by atoms with Crippen molar-refractivity contribution in [3.8, 4) is 5.75 Å². The Hall–Kier alpha value is -2.75. The van der Waals surface area contributed by atoms with Gasteiger partial charge in [0.05, 0.1) is 6.08 Å². The zero-order chi connectivity index (χ0) is 19.3. The number of aliphatic hydroxyl groups is 1. The molecule has 27 heavy (non-hydrogen) atoms. The molecule has 1 N–H and O–H groups in total. The molecule has 0 bridgehead atoms. The second kappa shape index (κ2) is 8.30. The van der Waals surface area contributed by atoms with Crippen molar-refractivity contribution in [1.82, 2.24) is 0 Å². The summed E-state index contributed by atoms with van der Waals surface area (Å²) in [5, 5.41) is 9.89. The number of rotatable bonds is 7. The first kappa shape index (κ1) is 19.0. The molecule has 1 aliphatic rings. The lowest BCUT2D eigenvalue weighted by atomic mass is 9.80. The third-order valence-electron chi connectivity index (χ3n) is 5.13. The van der Waals surface area contributed by atoms with E-state index in [1.165, 1.54) is 6.08 Å². The smallest absolute Gasteiger partial charge is 0.334 e. The van der Waals surface area contributed by atoms with Gasteiger partial charge in [-0.15, -0.1) is 0 Å². The number of hydrogen-bond acceptors (Lipinski definition) is 4. The summed E-state index contributed by atoms with van der Waals surface area (Å²) in [6.07, 6.45) is 2.96. The van der Waals surface area contributed by atoms with Crippen molar-refractivity contribution < 1.29 is 19.4 Å². The first-order valence-corrected chi connectivity index (χ1v) is 9.35. The number of carbonyl (C=O) groups excluding carboxylic acids is 1. The van der Waals surface area contributed by atoms with Gasteiger partial charge in [0.25, 0.3) is 0 Å². The number of esters is 1. The van der Waals surface area contributed by atoms with Crippen LogP contribution in [0.15, 0.2) is 66.4 Å². The van der Waals surface area contributed by atoms with Crippen LogP contribution < -0.4 is 4.74 Å². The Labute approximate surface area is 160 Å². The molecule has 0 fully saturated rings. The van der Waals surface area contributed by atoms with Gasteiger partial charge in [-0.25, -0.2) is 4.79 Å². The molecule has 0 saturated carbocycles. The minimum Gasteiger partial charge on any atom is -0.512 e. The molecule has 0 aliphatic carbocycles. The summed E-state index contributed by atoms with van der Waals surface area (Å²) in [4.78, 5) is 11.8. The molecule has 0 amide bonds. The molecule has 4 nitrogen and oxygen atoms in total. The fourth-order valence-corrected chi connectivity index (χ4v) is 3.36. The fraction of sp³-hybridized carbons (Fsp3) is 0.348. The summed E-state index contributed by atoms with van der Waals surface area (Å²) >= 11 is 0. The van der Waals surface area contributed by atoms with Crippen molar-refractivity contribution in [1.29, 1.82) is 0 Å². The first-order chi connectivity index (χ1) is 13.0. The second-order valence-corrected chi connectivity index (χ2v) is 7.37. The predicted octanol–water partition coefficient (Wildman–Crippen LogP) is 4.98. The van der Waals surface area contributed by atoms with Gasteiger partial charge in [-0.05, 0) is 42.0 Å². The summed E-state index contributed by atoms with van der Waals surface area (Å²) in [5.74, 6) is 0.582. The number of ether oxygens (including phenoxy) is 2. The maximum absolute atomic E-state index is 11.8. The fourth-order valence-electron chi connectivity index (χ4n) is 3.36.